The Balaban J connectivity index is 0.965. The van der Waals surface area contributed by atoms with Gasteiger partial charge in [0.2, 0.25) is 5.91 Å². The zero-order chi connectivity index (χ0) is 41.6. The highest BCUT2D eigenvalue weighted by Gasteiger charge is 2.36. The van der Waals surface area contributed by atoms with Crippen molar-refractivity contribution in [1.82, 2.24) is 15.2 Å². The molecule has 5 aromatic carbocycles. The minimum atomic E-state index is -0.915. The van der Waals surface area contributed by atoms with Crippen molar-refractivity contribution < 1.29 is 28.5 Å². The molecule has 0 bridgehead atoms. The van der Waals surface area contributed by atoms with Crippen molar-refractivity contribution in [3.63, 3.8) is 0 Å². The van der Waals surface area contributed by atoms with Gasteiger partial charge >= 0.3 is 5.97 Å². The van der Waals surface area contributed by atoms with E-state index in [-0.39, 0.29) is 18.4 Å². The van der Waals surface area contributed by atoms with E-state index in [1.807, 2.05) is 97.1 Å². The number of esters is 1. The van der Waals surface area contributed by atoms with Gasteiger partial charge in [0.1, 0.15) is 25.0 Å². The monoisotopic (exact) mass is 838 g/mol. The standard InChI is InChI=1S/C48H40Cl2N4O6/c1-57-48(56)42(21-30-5-10-33(11-6-30)34-12-7-31(25-51)8-13-34)53-47(55)43-22-36-23-44-45(24-37(36)26-54(43)27-38-4-2-3-19-52-38)60-46(29-59-44)35-14-16-39(17-15-35)58-28-32-9-18-40(49)41(50)20-32/h2-20,23-24,42-43,46H,21-22,26-29H2,1H3,(H,53,55). The predicted octanol–water partition coefficient (Wildman–Crippen LogP) is 8.85. The third kappa shape index (κ3) is 9.40. The minimum absolute atomic E-state index is 0.240. The number of carbonyl (C=O) groups excluding carboxylic acids is 2. The summed E-state index contributed by atoms with van der Waals surface area (Å²) >= 11 is 12.2. The molecule has 1 amide bonds. The van der Waals surface area contributed by atoms with Crippen molar-refractivity contribution >= 4 is 35.1 Å². The van der Waals surface area contributed by atoms with E-state index in [1.165, 1.54) is 7.11 Å². The Hall–Kier alpha value is -6.38. The lowest BCUT2D eigenvalue weighted by Crippen LogP contribution is -2.54. The predicted molar refractivity (Wildman–Crippen MR) is 228 cm³/mol. The lowest BCUT2D eigenvalue weighted by atomic mass is 9.92. The number of hydrogen-bond acceptors (Lipinski definition) is 9. The maximum Gasteiger partial charge on any atom is 0.328 e. The van der Waals surface area contributed by atoms with Gasteiger partial charge in [-0.15, -0.1) is 0 Å². The quantitative estimate of drug-likeness (QED) is 0.121. The zero-order valence-electron chi connectivity index (χ0n) is 32.6. The molecule has 2 aliphatic rings. The van der Waals surface area contributed by atoms with Gasteiger partial charge in [-0.1, -0.05) is 83.9 Å². The number of nitrogens with one attached hydrogen (secondary N) is 1. The summed E-state index contributed by atoms with van der Waals surface area (Å²) in [4.78, 5) is 34.0. The van der Waals surface area contributed by atoms with Crippen LogP contribution in [0.4, 0.5) is 0 Å². The third-order valence-electron chi connectivity index (χ3n) is 10.7. The molecule has 0 radical (unpaired) electrons. The first-order valence-electron chi connectivity index (χ1n) is 19.5. The highest BCUT2D eigenvalue weighted by atomic mass is 35.5. The van der Waals surface area contributed by atoms with Gasteiger partial charge in [0.05, 0.1) is 40.5 Å². The molecule has 60 heavy (non-hydrogen) atoms. The van der Waals surface area contributed by atoms with Crippen LogP contribution in [0.15, 0.2) is 128 Å². The second-order valence-electron chi connectivity index (χ2n) is 14.7. The van der Waals surface area contributed by atoms with Crippen LogP contribution in [0, 0.1) is 11.3 Å². The molecule has 3 heterocycles. The van der Waals surface area contributed by atoms with Crippen molar-refractivity contribution in [2.75, 3.05) is 13.7 Å². The van der Waals surface area contributed by atoms with Crippen molar-refractivity contribution in [3.8, 4) is 34.4 Å². The van der Waals surface area contributed by atoms with Crippen LogP contribution in [-0.2, 0) is 46.9 Å². The number of nitrogens with zero attached hydrogens (tertiary/aromatic N) is 3. The van der Waals surface area contributed by atoms with E-state index in [1.54, 1.807) is 30.5 Å². The van der Waals surface area contributed by atoms with E-state index < -0.39 is 18.1 Å². The smallest absolute Gasteiger partial charge is 0.328 e. The maximum atomic E-state index is 14.3. The number of ether oxygens (including phenoxy) is 4. The number of amides is 1. The van der Waals surface area contributed by atoms with Gasteiger partial charge in [0.25, 0.3) is 0 Å². The first-order chi connectivity index (χ1) is 29.2. The highest BCUT2D eigenvalue weighted by Crippen LogP contribution is 2.41. The van der Waals surface area contributed by atoms with Gasteiger partial charge in [-0.2, -0.15) is 5.26 Å². The summed E-state index contributed by atoms with van der Waals surface area (Å²) in [6.45, 7) is 1.51. The molecule has 8 rings (SSSR count). The Bertz CT molecular complexity index is 2530. The van der Waals surface area contributed by atoms with Gasteiger partial charge in [-0.05, 0) is 106 Å². The number of benzene rings is 5. The molecule has 3 unspecified atom stereocenters. The maximum absolute atomic E-state index is 14.3. The fraction of sp³-hybridized carbons (Fsp3) is 0.208. The topological polar surface area (TPSA) is 123 Å². The average molecular weight is 840 g/mol. The molecule has 0 fully saturated rings. The minimum Gasteiger partial charge on any atom is -0.489 e. The molecule has 1 N–H and O–H groups in total. The summed E-state index contributed by atoms with van der Waals surface area (Å²) < 4.78 is 23.9. The van der Waals surface area contributed by atoms with Crippen LogP contribution in [-0.4, -0.2) is 47.6 Å². The molecule has 0 spiro atoms. The van der Waals surface area contributed by atoms with Crippen molar-refractivity contribution in [2.24, 2.45) is 0 Å². The van der Waals surface area contributed by atoms with Crippen LogP contribution in [0.25, 0.3) is 11.1 Å². The number of nitriles is 1. The van der Waals surface area contributed by atoms with E-state index in [4.69, 9.17) is 47.4 Å². The van der Waals surface area contributed by atoms with E-state index in [9.17, 15) is 9.59 Å². The molecule has 12 heteroatoms. The number of fused-ring (bicyclic) bond motifs is 2. The van der Waals surface area contributed by atoms with Crippen LogP contribution in [0.5, 0.6) is 17.2 Å². The average Bonchev–Trinajstić information content (AvgIpc) is 3.28. The summed E-state index contributed by atoms with van der Waals surface area (Å²) in [5.74, 6) is 1.12. The molecule has 3 atom stereocenters. The van der Waals surface area contributed by atoms with Gasteiger partial charge in [0.15, 0.2) is 17.6 Å². The number of halogens is 2. The first-order valence-corrected chi connectivity index (χ1v) is 20.2. The highest BCUT2D eigenvalue weighted by molar-refractivity contribution is 6.42. The van der Waals surface area contributed by atoms with Gasteiger partial charge in [-0.25, -0.2) is 4.79 Å². The van der Waals surface area contributed by atoms with Crippen LogP contribution in [0.2, 0.25) is 10.0 Å². The van der Waals surface area contributed by atoms with E-state index in [0.29, 0.717) is 65.6 Å². The summed E-state index contributed by atoms with van der Waals surface area (Å²) in [5.41, 5.74) is 8.02. The summed E-state index contributed by atoms with van der Waals surface area (Å²) in [7, 11) is 1.32. The number of carbonyl (C=O) groups is 2. The SMILES string of the molecule is COC(=O)C(Cc1ccc(-c2ccc(C#N)cc2)cc1)NC(=O)C1Cc2cc3c(cc2CN1Cc1ccccn1)OC(c1ccc(OCc2ccc(Cl)c(Cl)c2)cc1)CO3. The van der Waals surface area contributed by atoms with Crippen LogP contribution in [0.1, 0.15) is 45.2 Å². The molecule has 0 saturated carbocycles. The molecule has 0 aliphatic carbocycles. The molecular formula is C48H40Cl2N4O6. The lowest BCUT2D eigenvalue weighted by Gasteiger charge is -2.37. The Labute approximate surface area is 358 Å². The Kier molecular flexibility index (Phi) is 12.3. The summed E-state index contributed by atoms with van der Waals surface area (Å²) in [6, 6.07) is 38.6. The largest absolute Gasteiger partial charge is 0.489 e. The van der Waals surface area contributed by atoms with E-state index in [2.05, 4.69) is 21.3 Å². The zero-order valence-corrected chi connectivity index (χ0v) is 34.2. The molecule has 0 saturated heterocycles. The van der Waals surface area contributed by atoms with Crippen LogP contribution < -0.4 is 19.5 Å². The fourth-order valence-corrected chi connectivity index (χ4v) is 7.80. The number of rotatable bonds is 12. The Morgan fingerprint density at radius 2 is 1.62 bits per heavy atom. The normalized spacial score (nSPS) is 16.2. The Morgan fingerprint density at radius 3 is 2.32 bits per heavy atom. The Morgan fingerprint density at radius 1 is 0.883 bits per heavy atom. The van der Waals surface area contributed by atoms with Gasteiger partial charge < -0.3 is 24.3 Å². The van der Waals surface area contributed by atoms with Crippen molar-refractivity contribution in [3.05, 3.63) is 177 Å². The fourth-order valence-electron chi connectivity index (χ4n) is 7.48. The lowest BCUT2D eigenvalue weighted by molar-refractivity contribution is -0.146. The number of pyridine rings is 1. The summed E-state index contributed by atoms with van der Waals surface area (Å²) in [6.07, 6.45) is 2.02. The second kappa shape index (κ2) is 18.3. The second-order valence-corrected chi connectivity index (χ2v) is 15.5. The molecular weight excluding hydrogens is 799 g/mol. The van der Waals surface area contributed by atoms with Crippen LogP contribution >= 0.6 is 23.2 Å². The molecule has 2 aliphatic heterocycles. The van der Waals surface area contributed by atoms with E-state index in [0.717, 1.165) is 44.6 Å². The molecule has 1 aromatic heterocycles. The summed E-state index contributed by atoms with van der Waals surface area (Å²) in [5, 5.41) is 13.1. The van der Waals surface area contributed by atoms with Gasteiger partial charge in [0, 0.05) is 25.7 Å². The first kappa shape index (κ1) is 40.4. The van der Waals surface area contributed by atoms with Gasteiger partial charge in [-0.3, -0.25) is 14.7 Å². The molecule has 10 nitrogen and oxygen atoms in total. The molecule has 302 valence electrons. The van der Waals surface area contributed by atoms with Crippen molar-refractivity contribution in [2.45, 2.75) is 50.7 Å². The number of aromatic nitrogens is 1. The van der Waals surface area contributed by atoms with E-state index >= 15 is 0 Å². The van der Waals surface area contributed by atoms with Crippen LogP contribution in [0.3, 0.4) is 0 Å². The number of methoxy groups -OCH3 is 1. The number of hydrogen-bond donors (Lipinski definition) is 1. The van der Waals surface area contributed by atoms with Crippen molar-refractivity contribution in [1.29, 1.82) is 5.26 Å². The molecule has 6 aromatic rings. The third-order valence-corrected chi connectivity index (χ3v) is 11.5.